The van der Waals surface area contributed by atoms with Crippen molar-refractivity contribution in [2.45, 2.75) is 258 Å². The van der Waals surface area contributed by atoms with Gasteiger partial charge in [-0.15, -0.1) is 0 Å². The predicted molar refractivity (Wildman–Crippen MR) is 261 cm³/mol. The quantitative estimate of drug-likeness (QED) is 0.0263. The Morgan fingerprint density at radius 2 is 0.639 bits per heavy atom. The van der Waals surface area contributed by atoms with Gasteiger partial charge in [0.2, 0.25) is 0 Å². The van der Waals surface area contributed by atoms with E-state index in [1.165, 1.54) is 116 Å². The van der Waals surface area contributed by atoms with Gasteiger partial charge in [-0.2, -0.15) is 0 Å². The Balaban J connectivity index is 4.37. The molecule has 0 saturated heterocycles. The molecule has 0 rings (SSSR count). The first kappa shape index (κ1) is 58.1. The molecule has 352 valence electrons. The highest BCUT2D eigenvalue weighted by Gasteiger charge is 2.19. The molecular formula is C55H96O6. The smallest absolute Gasteiger partial charge is 0.306 e. The summed E-state index contributed by atoms with van der Waals surface area (Å²) >= 11 is 0. The zero-order chi connectivity index (χ0) is 44.4. The zero-order valence-electron chi connectivity index (χ0n) is 40.2. The van der Waals surface area contributed by atoms with Crippen molar-refractivity contribution in [3.8, 4) is 0 Å². The highest BCUT2D eigenvalue weighted by molar-refractivity contribution is 5.71. The second kappa shape index (κ2) is 49.8. The first-order chi connectivity index (χ1) is 30.0. The Morgan fingerprint density at radius 3 is 1.02 bits per heavy atom. The van der Waals surface area contributed by atoms with Gasteiger partial charge in [0.1, 0.15) is 13.2 Å². The Labute approximate surface area is 377 Å². The van der Waals surface area contributed by atoms with Crippen LogP contribution in [0.15, 0.2) is 60.8 Å². The topological polar surface area (TPSA) is 78.9 Å². The van der Waals surface area contributed by atoms with Gasteiger partial charge in [0, 0.05) is 19.3 Å². The minimum Gasteiger partial charge on any atom is -0.462 e. The van der Waals surface area contributed by atoms with Crippen LogP contribution in [0, 0.1) is 0 Å². The summed E-state index contributed by atoms with van der Waals surface area (Å²) in [6.07, 6.45) is 60.6. The molecule has 0 amide bonds. The van der Waals surface area contributed by atoms with Crippen molar-refractivity contribution in [2.75, 3.05) is 13.2 Å². The van der Waals surface area contributed by atoms with Gasteiger partial charge in [0.15, 0.2) is 6.10 Å². The lowest BCUT2D eigenvalue weighted by molar-refractivity contribution is -0.167. The number of hydrogen-bond donors (Lipinski definition) is 0. The Kier molecular flexibility index (Phi) is 47.4. The van der Waals surface area contributed by atoms with Crippen LogP contribution in [0.2, 0.25) is 0 Å². The summed E-state index contributed by atoms with van der Waals surface area (Å²) in [6, 6.07) is 0. The molecule has 61 heavy (non-hydrogen) atoms. The average Bonchev–Trinajstić information content (AvgIpc) is 3.26. The van der Waals surface area contributed by atoms with Crippen molar-refractivity contribution in [1.82, 2.24) is 0 Å². The Hall–Kier alpha value is -2.89. The van der Waals surface area contributed by atoms with Crippen LogP contribution in [0.25, 0.3) is 0 Å². The molecule has 0 radical (unpaired) electrons. The van der Waals surface area contributed by atoms with E-state index in [4.69, 9.17) is 14.2 Å². The third kappa shape index (κ3) is 48.0. The van der Waals surface area contributed by atoms with E-state index in [1.807, 2.05) is 0 Å². The molecule has 0 aromatic rings. The third-order valence-electron chi connectivity index (χ3n) is 11.0. The van der Waals surface area contributed by atoms with Gasteiger partial charge in [-0.05, 0) is 83.5 Å². The molecule has 6 heteroatoms. The van der Waals surface area contributed by atoms with Crippen LogP contribution in [0.5, 0.6) is 0 Å². The second-order valence-electron chi connectivity index (χ2n) is 17.1. The fourth-order valence-corrected chi connectivity index (χ4v) is 7.13. The molecule has 0 heterocycles. The molecule has 0 saturated carbocycles. The van der Waals surface area contributed by atoms with Gasteiger partial charge in [-0.3, -0.25) is 14.4 Å². The summed E-state index contributed by atoms with van der Waals surface area (Å²) in [7, 11) is 0. The van der Waals surface area contributed by atoms with E-state index in [0.717, 1.165) is 96.3 Å². The number of rotatable bonds is 46. The Morgan fingerprint density at radius 1 is 0.344 bits per heavy atom. The number of ether oxygens (including phenoxy) is 3. The molecular weight excluding hydrogens is 757 g/mol. The molecule has 0 aliphatic carbocycles. The SMILES string of the molecule is CC/C=C\C/C=C\C/C=C\C/C=C\CCCCCCC(=O)OCC(COC(=O)CCCCCCCCCCC)OC(=O)CCCCCCCCC/C=C\CCCCCCCC. The minimum atomic E-state index is -0.783. The number of unbranched alkanes of at least 4 members (excludes halogenated alkanes) is 25. The third-order valence-corrected chi connectivity index (χ3v) is 11.0. The van der Waals surface area contributed by atoms with Crippen molar-refractivity contribution in [1.29, 1.82) is 0 Å². The lowest BCUT2D eigenvalue weighted by Crippen LogP contribution is -2.30. The van der Waals surface area contributed by atoms with Gasteiger partial charge in [-0.25, -0.2) is 0 Å². The van der Waals surface area contributed by atoms with Crippen LogP contribution < -0.4 is 0 Å². The fraction of sp³-hybridized carbons (Fsp3) is 0.764. The van der Waals surface area contributed by atoms with Crippen LogP contribution in [0.1, 0.15) is 252 Å². The summed E-state index contributed by atoms with van der Waals surface area (Å²) in [5, 5.41) is 0. The van der Waals surface area contributed by atoms with E-state index in [1.54, 1.807) is 0 Å². The minimum absolute atomic E-state index is 0.0825. The lowest BCUT2D eigenvalue weighted by atomic mass is 10.1. The van der Waals surface area contributed by atoms with Crippen LogP contribution in [-0.4, -0.2) is 37.2 Å². The highest BCUT2D eigenvalue weighted by Crippen LogP contribution is 2.14. The molecule has 0 fully saturated rings. The monoisotopic (exact) mass is 853 g/mol. The van der Waals surface area contributed by atoms with Gasteiger partial charge >= 0.3 is 17.9 Å². The van der Waals surface area contributed by atoms with Crippen molar-refractivity contribution >= 4 is 17.9 Å². The van der Waals surface area contributed by atoms with E-state index >= 15 is 0 Å². The highest BCUT2D eigenvalue weighted by atomic mass is 16.6. The van der Waals surface area contributed by atoms with Crippen LogP contribution in [0.4, 0.5) is 0 Å². The second-order valence-corrected chi connectivity index (χ2v) is 17.1. The van der Waals surface area contributed by atoms with Crippen LogP contribution in [-0.2, 0) is 28.6 Å². The van der Waals surface area contributed by atoms with E-state index < -0.39 is 6.10 Å². The van der Waals surface area contributed by atoms with E-state index in [-0.39, 0.29) is 31.1 Å². The molecule has 0 spiro atoms. The summed E-state index contributed by atoms with van der Waals surface area (Å²) in [6.45, 7) is 6.48. The van der Waals surface area contributed by atoms with Crippen molar-refractivity contribution < 1.29 is 28.6 Å². The van der Waals surface area contributed by atoms with Crippen molar-refractivity contribution in [3.63, 3.8) is 0 Å². The Bertz CT molecular complexity index is 1120. The van der Waals surface area contributed by atoms with Crippen LogP contribution in [0.3, 0.4) is 0 Å². The van der Waals surface area contributed by atoms with E-state index in [2.05, 4.69) is 81.5 Å². The molecule has 0 aliphatic heterocycles. The average molecular weight is 853 g/mol. The number of carbonyl (C=O) groups is 3. The molecule has 0 aliphatic rings. The number of allylic oxidation sites excluding steroid dienone is 10. The molecule has 0 N–H and O–H groups in total. The molecule has 0 aromatic heterocycles. The predicted octanol–water partition coefficient (Wildman–Crippen LogP) is 16.9. The van der Waals surface area contributed by atoms with Crippen molar-refractivity contribution in [2.24, 2.45) is 0 Å². The first-order valence-electron chi connectivity index (χ1n) is 25.8. The molecule has 6 nitrogen and oxygen atoms in total. The van der Waals surface area contributed by atoms with Gasteiger partial charge in [-0.1, -0.05) is 210 Å². The van der Waals surface area contributed by atoms with Crippen molar-refractivity contribution in [3.05, 3.63) is 60.8 Å². The summed E-state index contributed by atoms with van der Waals surface area (Å²) < 4.78 is 16.7. The molecule has 1 unspecified atom stereocenters. The number of esters is 3. The van der Waals surface area contributed by atoms with Gasteiger partial charge < -0.3 is 14.2 Å². The van der Waals surface area contributed by atoms with Crippen LogP contribution >= 0.6 is 0 Å². The van der Waals surface area contributed by atoms with E-state index in [0.29, 0.717) is 19.3 Å². The maximum absolute atomic E-state index is 12.8. The maximum Gasteiger partial charge on any atom is 0.306 e. The molecule has 1 atom stereocenters. The van der Waals surface area contributed by atoms with Gasteiger partial charge in [0.05, 0.1) is 0 Å². The first-order valence-corrected chi connectivity index (χ1v) is 25.8. The maximum atomic E-state index is 12.8. The number of carbonyl (C=O) groups excluding carboxylic acids is 3. The summed E-state index contributed by atoms with van der Waals surface area (Å²) in [5.41, 5.74) is 0. The summed E-state index contributed by atoms with van der Waals surface area (Å²) in [4.78, 5) is 37.9. The summed E-state index contributed by atoms with van der Waals surface area (Å²) in [5.74, 6) is -0.910. The zero-order valence-corrected chi connectivity index (χ0v) is 40.2. The lowest BCUT2D eigenvalue weighted by Gasteiger charge is -2.18. The number of hydrogen-bond acceptors (Lipinski definition) is 6. The molecule has 0 aromatic carbocycles. The van der Waals surface area contributed by atoms with E-state index in [9.17, 15) is 14.4 Å². The standard InChI is InChI=1S/C55H96O6/c1-4-7-10-13-16-19-21-23-25-27-29-31-33-36-39-42-45-48-54(57)60-51-52(50-59-53(56)47-44-41-38-35-18-15-12-9-6-3)61-55(58)49-46-43-40-37-34-32-30-28-26-24-22-20-17-14-11-8-5-2/h7,10,16,19,23-26,29,31,52H,4-6,8-9,11-15,17-18,20-22,27-28,30,32-51H2,1-3H3/b10-7-,19-16-,25-23-,26-24-,31-29-. The fourth-order valence-electron chi connectivity index (χ4n) is 7.13. The molecule has 0 bridgehead atoms. The van der Waals surface area contributed by atoms with Gasteiger partial charge in [0.25, 0.3) is 0 Å². The largest absolute Gasteiger partial charge is 0.462 e. The normalized spacial score (nSPS) is 12.5.